The average molecular weight is 258 g/mol. The maximum atomic E-state index is 13.4. The summed E-state index contributed by atoms with van der Waals surface area (Å²) in [5, 5.41) is 13.1. The Kier molecular flexibility index (Phi) is 3.56. The standard InChI is InChI=1S/C14H10FNO3/c15-12-7-2-1-6-11(12)13(17)16-10-5-3-4-9(8-10)14(18)19/h1-8H,(H,16,17)(H,18,19)/p-1. The molecule has 0 atom stereocenters. The summed E-state index contributed by atoms with van der Waals surface area (Å²) in [6.07, 6.45) is 0. The molecule has 2 rings (SSSR count). The van der Waals surface area contributed by atoms with Crippen molar-refractivity contribution in [3.8, 4) is 0 Å². The van der Waals surface area contributed by atoms with Gasteiger partial charge in [-0.25, -0.2) is 4.39 Å². The number of carbonyl (C=O) groups is 2. The van der Waals surface area contributed by atoms with Crippen LogP contribution in [0.25, 0.3) is 0 Å². The van der Waals surface area contributed by atoms with Gasteiger partial charge < -0.3 is 15.2 Å². The molecule has 1 N–H and O–H groups in total. The number of carbonyl (C=O) groups excluding carboxylic acids is 2. The van der Waals surface area contributed by atoms with Crippen molar-refractivity contribution in [3.63, 3.8) is 0 Å². The van der Waals surface area contributed by atoms with Crippen LogP contribution in [0.2, 0.25) is 0 Å². The lowest BCUT2D eigenvalue weighted by Gasteiger charge is -2.08. The van der Waals surface area contributed by atoms with Crippen LogP contribution >= 0.6 is 0 Å². The van der Waals surface area contributed by atoms with E-state index in [2.05, 4.69) is 5.32 Å². The second-order valence-electron chi connectivity index (χ2n) is 3.80. The Balaban J connectivity index is 2.22. The van der Waals surface area contributed by atoms with E-state index in [0.717, 1.165) is 0 Å². The van der Waals surface area contributed by atoms with Crippen molar-refractivity contribution in [2.24, 2.45) is 0 Å². The fourth-order valence-corrected chi connectivity index (χ4v) is 1.57. The van der Waals surface area contributed by atoms with Gasteiger partial charge in [0.15, 0.2) is 0 Å². The maximum absolute atomic E-state index is 13.4. The normalized spacial score (nSPS) is 9.95. The molecule has 0 heterocycles. The minimum absolute atomic E-state index is 0.0636. The van der Waals surface area contributed by atoms with E-state index in [4.69, 9.17) is 0 Å². The first kappa shape index (κ1) is 12.8. The number of halogens is 1. The van der Waals surface area contributed by atoms with Crippen molar-refractivity contribution < 1.29 is 19.1 Å². The molecule has 1 amide bonds. The highest BCUT2D eigenvalue weighted by Gasteiger charge is 2.10. The quantitative estimate of drug-likeness (QED) is 0.905. The molecule has 5 heteroatoms. The number of hydrogen-bond acceptors (Lipinski definition) is 3. The summed E-state index contributed by atoms with van der Waals surface area (Å²) in [4.78, 5) is 22.5. The van der Waals surface area contributed by atoms with Gasteiger partial charge in [-0.3, -0.25) is 4.79 Å². The lowest BCUT2D eigenvalue weighted by Crippen LogP contribution is -2.22. The van der Waals surface area contributed by atoms with Crippen LogP contribution in [0.4, 0.5) is 10.1 Å². The van der Waals surface area contributed by atoms with Gasteiger partial charge in [0.25, 0.3) is 5.91 Å². The Hall–Kier alpha value is -2.69. The van der Waals surface area contributed by atoms with E-state index in [9.17, 15) is 19.1 Å². The zero-order chi connectivity index (χ0) is 13.8. The molecule has 0 unspecified atom stereocenters. The third-order valence-corrected chi connectivity index (χ3v) is 2.47. The lowest BCUT2D eigenvalue weighted by atomic mass is 10.1. The van der Waals surface area contributed by atoms with Gasteiger partial charge in [0.05, 0.1) is 11.5 Å². The lowest BCUT2D eigenvalue weighted by molar-refractivity contribution is -0.255. The molecule has 0 bridgehead atoms. The number of aromatic carboxylic acids is 1. The summed E-state index contributed by atoms with van der Waals surface area (Å²) in [5.41, 5.74) is 0.0858. The molecule has 0 saturated carbocycles. The van der Waals surface area contributed by atoms with Crippen molar-refractivity contribution in [3.05, 3.63) is 65.5 Å². The highest BCUT2D eigenvalue weighted by molar-refractivity contribution is 6.04. The van der Waals surface area contributed by atoms with Gasteiger partial charge in [-0.05, 0) is 29.8 Å². The van der Waals surface area contributed by atoms with Crippen LogP contribution in [0.5, 0.6) is 0 Å². The van der Waals surface area contributed by atoms with Gasteiger partial charge in [-0.2, -0.15) is 0 Å². The minimum Gasteiger partial charge on any atom is -0.545 e. The number of nitrogens with one attached hydrogen (secondary N) is 1. The molecular weight excluding hydrogens is 249 g/mol. The molecule has 0 spiro atoms. The first-order valence-electron chi connectivity index (χ1n) is 5.45. The number of benzene rings is 2. The Morgan fingerprint density at radius 2 is 1.79 bits per heavy atom. The summed E-state index contributed by atoms with van der Waals surface area (Å²) >= 11 is 0. The topological polar surface area (TPSA) is 69.2 Å². The molecule has 0 aromatic heterocycles. The highest BCUT2D eigenvalue weighted by Crippen LogP contribution is 2.13. The number of hydrogen-bond donors (Lipinski definition) is 1. The fraction of sp³-hybridized carbons (Fsp3) is 0. The van der Waals surface area contributed by atoms with Crippen LogP contribution in [0.15, 0.2) is 48.5 Å². The fourth-order valence-electron chi connectivity index (χ4n) is 1.57. The van der Waals surface area contributed by atoms with E-state index >= 15 is 0 Å². The molecule has 0 saturated heterocycles. The van der Waals surface area contributed by atoms with Crippen LogP contribution in [-0.4, -0.2) is 11.9 Å². The largest absolute Gasteiger partial charge is 0.545 e. The number of amides is 1. The van der Waals surface area contributed by atoms with E-state index in [1.807, 2.05) is 0 Å². The Labute approximate surface area is 108 Å². The predicted molar refractivity (Wildman–Crippen MR) is 65.1 cm³/mol. The van der Waals surface area contributed by atoms with Crippen LogP contribution in [-0.2, 0) is 0 Å². The monoisotopic (exact) mass is 258 g/mol. The van der Waals surface area contributed by atoms with Crippen molar-refractivity contribution in [1.82, 2.24) is 0 Å². The Bertz CT molecular complexity index is 640. The smallest absolute Gasteiger partial charge is 0.258 e. The molecule has 0 radical (unpaired) electrons. The molecule has 0 aliphatic rings. The molecule has 2 aromatic carbocycles. The zero-order valence-electron chi connectivity index (χ0n) is 9.72. The van der Waals surface area contributed by atoms with Crippen molar-refractivity contribution >= 4 is 17.6 Å². The summed E-state index contributed by atoms with van der Waals surface area (Å²) < 4.78 is 13.4. The first-order chi connectivity index (χ1) is 9.08. The van der Waals surface area contributed by atoms with Gasteiger partial charge in [0.1, 0.15) is 5.82 Å². The number of rotatable bonds is 3. The van der Waals surface area contributed by atoms with E-state index in [1.165, 1.54) is 48.5 Å². The number of carboxylic acids is 1. The summed E-state index contributed by atoms with van der Waals surface area (Å²) in [7, 11) is 0. The summed E-state index contributed by atoms with van der Waals surface area (Å²) in [6, 6.07) is 11.1. The third kappa shape index (κ3) is 2.95. The van der Waals surface area contributed by atoms with Gasteiger partial charge in [0.2, 0.25) is 0 Å². The second kappa shape index (κ2) is 5.30. The van der Waals surface area contributed by atoms with Crippen LogP contribution in [0.1, 0.15) is 20.7 Å². The predicted octanol–water partition coefficient (Wildman–Crippen LogP) is 1.44. The molecule has 0 aliphatic heterocycles. The average Bonchev–Trinajstić information content (AvgIpc) is 2.39. The molecule has 0 fully saturated rings. The Morgan fingerprint density at radius 3 is 2.47 bits per heavy atom. The maximum Gasteiger partial charge on any atom is 0.258 e. The third-order valence-electron chi connectivity index (χ3n) is 2.47. The van der Waals surface area contributed by atoms with E-state index < -0.39 is 17.7 Å². The van der Waals surface area contributed by atoms with Crippen molar-refractivity contribution in [2.75, 3.05) is 5.32 Å². The summed E-state index contributed by atoms with van der Waals surface area (Å²) in [6.45, 7) is 0. The summed E-state index contributed by atoms with van der Waals surface area (Å²) in [5.74, 6) is -2.63. The molecule has 19 heavy (non-hydrogen) atoms. The van der Waals surface area contributed by atoms with Gasteiger partial charge >= 0.3 is 0 Å². The van der Waals surface area contributed by atoms with Crippen molar-refractivity contribution in [2.45, 2.75) is 0 Å². The van der Waals surface area contributed by atoms with Crippen molar-refractivity contribution in [1.29, 1.82) is 0 Å². The van der Waals surface area contributed by atoms with E-state index in [1.54, 1.807) is 0 Å². The van der Waals surface area contributed by atoms with E-state index in [-0.39, 0.29) is 16.8 Å². The molecular formula is C14H9FNO3-. The molecule has 4 nitrogen and oxygen atoms in total. The molecule has 0 aliphatic carbocycles. The van der Waals surface area contributed by atoms with Crippen LogP contribution in [0.3, 0.4) is 0 Å². The number of anilines is 1. The van der Waals surface area contributed by atoms with Gasteiger partial charge in [-0.15, -0.1) is 0 Å². The molecule has 2 aromatic rings. The highest BCUT2D eigenvalue weighted by atomic mass is 19.1. The number of carboxylic acid groups (broad SMARTS) is 1. The Morgan fingerprint density at radius 1 is 1.05 bits per heavy atom. The minimum atomic E-state index is -1.35. The van der Waals surface area contributed by atoms with Gasteiger partial charge in [0, 0.05) is 5.69 Å². The zero-order valence-corrected chi connectivity index (χ0v) is 9.72. The van der Waals surface area contributed by atoms with Gasteiger partial charge in [-0.1, -0.05) is 24.3 Å². The second-order valence-corrected chi connectivity index (χ2v) is 3.80. The molecule has 96 valence electrons. The van der Waals surface area contributed by atoms with E-state index in [0.29, 0.717) is 0 Å². The SMILES string of the molecule is O=C([O-])c1cccc(NC(=O)c2ccccc2F)c1. The first-order valence-corrected chi connectivity index (χ1v) is 5.45. The van der Waals surface area contributed by atoms with Crippen LogP contribution < -0.4 is 10.4 Å². The van der Waals surface area contributed by atoms with Crippen LogP contribution in [0, 0.1) is 5.82 Å².